The molecule has 0 atom stereocenters. The zero-order chi connectivity index (χ0) is 18.0. The lowest BCUT2D eigenvalue weighted by molar-refractivity contribution is 0.453. The summed E-state index contributed by atoms with van der Waals surface area (Å²) in [6.45, 7) is 2.02. The Hall–Kier alpha value is -2.80. The van der Waals surface area contributed by atoms with E-state index in [1.54, 1.807) is 6.07 Å². The molecule has 0 spiro atoms. The highest BCUT2D eigenvalue weighted by atomic mass is 19.2. The van der Waals surface area contributed by atoms with Crippen molar-refractivity contribution in [2.75, 3.05) is 0 Å². The normalized spacial score (nSPS) is 10.6. The van der Waals surface area contributed by atoms with E-state index in [0.29, 0.717) is 5.56 Å². The minimum atomic E-state index is -1.50. The second kappa shape index (κ2) is 6.98. The summed E-state index contributed by atoms with van der Waals surface area (Å²) in [5.74, 6) is 1.10. The third-order valence-corrected chi connectivity index (χ3v) is 3.89. The van der Waals surface area contributed by atoms with Gasteiger partial charge in [0.2, 0.25) is 0 Å². The summed E-state index contributed by atoms with van der Waals surface area (Å²) in [7, 11) is 0. The summed E-state index contributed by atoms with van der Waals surface area (Å²) >= 11 is 0. The quantitative estimate of drug-likeness (QED) is 0.316. The number of halogens is 4. The third kappa shape index (κ3) is 3.51. The zero-order valence-electron chi connectivity index (χ0n) is 13.5. The molecular weight excluding hydrogens is 328 g/mol. The van der Waals surface area contributed by atoms with Gasteiger partial charge in [-0.1, -0.05) is 37.3 Å². The highest BCUT2D eigenvalue weighted by molar-refractivity contribution is 5.84. The van der Waals surface area contributed by atoms with Crippen molar-refractivity contribution in [1.29, 1.82) is 0 Å². The van der Waals surface area contributed by atoms with Crippen LogP contribution in [0.3, 0.4) is 0 Å². The Bertz CT molecular complexity index is 1010. The van der Waals surface area contributed by atoms with Crippen molar-refractivity contribution in [3.8, 4) is 11.8 Å². The molecule has 0 heterocycles. The predicted octanol–water partition coefficient (Wildman–Crippen LogP) is 5.75. The van der Waals surface area contributed by atoms with Crippen molar-refractivity contribution in [1.82, 2.24) is 0 Å². The van der Waals surface area contributed by atoms with Crippen molar-refractivity contribution in [3.05, 3.63) is 82.4 Å². The molecule has 4 heteroatoms. The molecule has 3 aromatic carbocycles. The zero-order valence-corrected chi connectivity index (χ0v) is 13.5. The molecule has 0 aromatic heterocycles. The van der Waals surface area contributed by atoms with Crippen LogP contribution in [0.1, 0.15) is 30.0 Å². The van der Waals surface area contributed by atoms with Gasteiger partial charge in [-0.3, -0.25) is 0 Å². The van der Waals surface area contributed by atoms with E-state index in [9.17, 15) is 17.6 Å². The third-order valence-electron chi connectivity index (χ3n) is 3.89. The number of benzene rings is 3. The Morgan fingerprint density at radius 1 is 0.800 bits per heavy atom. The van der Waals surface area contributed by atoms with Crippen molar-refractivity contribution in [2.45, 2.75) is 19.8 Å². The minimum Gasteiger partial charge on any atom is -0.206 e. The Balaban J connectivity index is 1.97. The Morgan fingerprint density at radius 3 is 2.32 bits per heavy atom. The molecule has 0 amide bonds. The van der Waals surface area contributed by atoms with Gasteiger partial charge < -0.3 is 0 Å². The van der Waals surface area contributed by atoms with Gasteiger partial charge in [0.15, 0.2) is 17.5 Å². The van der Waals surface area contributed by atoms with Gasteiger partial charge in [0.1, 0.15) is 5.82 Å². The van der Waals surface area contributed by atoms with Gasteiger partial charge in [-0.25, -0.2) is 17.6 Å². The fourth-order valence-electron chi connectivity index (χ4n) is 2.63. The molecule has 0 bridgehead atoms. The largest absolute Gasteiger partial charge is 0.206 e. The molecule has 0 aliphatic rings. The van der Waals surface area contributed by atoms with Gasteiger partial charge >= 0.3 is 0 Å². The summed E-state index contributed by atoms with van der Waals surface area (Å²) in [4.78, 5) is 0. The van der Waals surface area contributed by atoms with E-state index < -0.39 is 23.3 Å². The molecule has 126 valence electrons. The van der Waals surface area contributed by atoms with Crippen molar-refractivity contribution < 1.29 is 17.6 Å². The lowest BCUT2D eigenvalue weighted by Gasteiger charge is -2.03. The first-order valence-electron chi connectivity index (χ1n) is 7.87. The molecule has 0 aliphatic carbocycles. The highest BCUT2D eigenvalue weighted by Gasteiger charge is 2.13. The molecular formula is C21H14F4. The molecule has 0 unspecified atom stereocenters. The summed E-state index contributed by atoms with van der Waals surface area (Å²) in [5.41, 5.74) is 1.61. The summed E-state index contributed by atoms with van der Waals surface area (Å²) in [6, 6.07) is 10.1. The van der Waals surface area contributed by atoms with Crippen LogP contribution in [0.2, 0.25) is 0 Å². The van der Waals surface area contributed by atoms with Crippen LogP contribution in [0.4, 0.5) is 17.6 Å². The van der Waals surface area contributed by atoms with Crippen LogP contribution in [0, 0.1) is 35.1 Å². The maximum Gasteiger partial charge on any atom is 0.195 e. The van der Waals surface area contributed by atoms with Gasteiger partial charge in [-0.2, -0.15) is 0 Å². The average Bonchev–Trinajstić information content (AvgIpc) is 2.59. The maximum absolute atomic E-state index is 14.0. The standard InChI is InChI=1S/C21H14F4/c1-2-3-13-4-7-15(18(22)11-13)8-5-14-6-9-17-16(10-14)12-19(23)21(25)20(17)24/h4,6-7,9-12H,2-3H2,1H3. The second-order valence-electron chi connectivity index (χ2n) is 5.74. The minimum absolute atomic E-state index is 0.0282. The molecule has 0 radical (unpaired) electrons. The number of fused-ring (bicyclic) bond motifs is 1. The van der Waals surface area contributed by atoms with Crippen LogP contribution in [0.25, 0.3) is 10.8 Å². The molecule has 0 N–H and O–H groups in total. The van der Waals surface area contributed by atoms with Crippen molar-refractivity contribution in [3.63, 3.8) is 0 Å². The SMILES string of the molecule is CCCc1ccc(C#Cc2ccc3c(F)c(F)c(F)cc3c2)c(F)c1. The highest BCUT2D eigenvalue weighted by Crippen LogP contribution is 2.24. The average molecular weight is 342 g/mol. The van der Waals surface area contributed by atoms with Crippen LogP contribution in [-0.4, -0.2) is 0 Å². The van der Waals surface area contributed by atoms with Gasteiger partial charge in [0.25, 0.3) is 0 Å². The first-order chi connectivity index (χ1) is 12.0. The number of rotatable bonds is 2. The second-order valence-corrected chi connectivity index (χ2v) is 5.74. The van der Waals surface area contributed by atoms with E-state index >= 15 is 0 Å². The Morgan fingerprint density at radius 2 is 1.60 bits per heavy atom. The molecule has 0 saturated carbocycles. The monoisotopic (exact) mass is 342 g/mol. The van der Waals surface area contributed by atoms with E-state index in [1.807, 2.05) is 13.0 Å². The lowest BCUT2D eigenvalue weighted by Crippen LogP contribution is -1.92. The van der Waals surface area contributed by atoms with Gasteiger partial charge in [0, 0.05) is 10.9 Å². The Labute approximate surface area is 143 Å². The number of hydrogen-bond donors (Lipinski definition) is 0. The van der Waals surface area contributed by atoms with E-state index in [2.05, 4.69) is 11.8 Å². The van der Waals surface area contributed by atoms with E-state index in [0.717, 1.165) is 24.5 Å². The first kappa shape index (κ1) is 17.0. The van der Waals surface area contributed by atoms with E-state index in [1.165, 1.54) is 24.3 Å². The molecule has 3 aromatic rings. The number of aryl methyl sites for hydroxylation is 1. The summed E-state index contributed by atoms with van der Waals surface area (Å²) in [5, 5.41) is 0.168. The van der Waals surface area contributed by atoms with Gasteiger partial charge in [-0.15, -0.1) is 0 Å². The lowest BCUT2D eigenvalue weighted by atomic mass is 10.0. The summed E-state index contributed by atoms with van der Waals surface area (Å²) < 4.78 is 54.3. The van der Waals surface area contributed by atoms with Crippen LogP contribution in [0.15, 0.2) is 42.5 Å². The Kier molecular flexibility index (Phi) is 4.76. The summed E-state index contributed by atoms with van der Waals surface area (Å²) in [6.07, 6.45) is 1.72. The topological polar surface area (TPSA) is 0 Å². The van der Waals surface area contributed by atoms with Crippen molar-refractivity contribution >= 4 is 10.8 Å². The van der Waals surface area contributed by atoms with Crippen LogP contribution >= 0.6 is 0 Å². The predicted molar refractivity (Wildman–Crippen MR) is 90.2 cm³/mol. The first-order valence-corrected chi connectivity index (χ1v) is 7.87. The molecule has 0 saturated heterocycles. The van der Waals surface area contributed by atoms with Crippen molar-refractivity contribution in [2.24, 2.45) is 0 Å². The molecule has 0 aliphatic heterocycles. The molecule has 0 fully saturated rings. The van der Waals surface area contributed by atoms with Gasteiger partial charge in [0.05, 0.1) is 5.56 Å². The van der Waals surface area contributed by atoms with Crippen LogP contribution < -0.4 is 0 Å². The van der Waals surface area contributed by atoms with Crippen LogP contribution in [0.5, 0.6) is 0 Å². The van der Waals surface area contributed by atoms with Gasteiger partial charge in [-0.05, 0) is 47.7 Å². The van der Waals surface area contributed by atoms with E-state index in [4.69, 9.17) is 0 Å². The molecule has 25 heavy (non-hydrogen) atoms. The number of hydrogen-bond acceptors (Lipinski definition) is 0. The molecule has 3 rings (SSSR count). The fourth-order valence-corrected chi connectivity index (χ4v) is 2.63. The maximum atomic E-state index is 14.0. The van der Waals surface area contributed by atoms with Crippen LogP contribution in [-0.2, 0) is 6.42 Å². The molecule has 0 nitrogen and oxygen atoms in total. The fraction of sp³-hybridized carbons (Fsp3) is 0.143. The smallest absolute Gasteiger partial charge is 0.195 e. The van der Waals surface area contributed by atoms with E-state index in [-0.39, 0.29) is 16.3 Å².